The van der Waals surface area contributed by atoms with Crippen LogP contribution >= 0.6 is 11.6 Å². The molecule has 5 heteroatoms. The van der Waals surface area contributed by atoms with E-state index in [0.29, 0.717) is 12.1 Å². The highest BCUT2D eigenvalue weighted by Crippen LogP contribution is 2.23. The topological polar surface area (TPSA) is 66.4 Å². The number of amides is 1. The lowest BCUT2D eigenvalue weighted by atomic mass is 9.92. The Morgan fingerprint density at radius 2 is 1.94 bits per heavy atom. The predicted octanol–water partition coefficient (Wildman–Crippen LogP) is 3.41. The minimum atomic E-state index is -1.12. The first-order valence-corrected chi connectivity index (χ1v) is 5.89. The zero-order chi connectivity index (χ0) is 13.9. The third-order valence-corrected chi connectivity index (χ3v) is 2.50. The standard InChI is InChI=1S/C13H16ClNO3/c1-13(2,3)7-11(16)15-8-4-5-10(14)9(6-8)12(17)18/h4-6H,7H2,1-3H3,(H,15,16)(H,17,18). The first-order chi connectivity index (χ1) is 8.19. The van der Waals surface area contributed by atoms with E-state index >= 15 is 0 Å². The number of carbonyl (C=O) groups excluding carboxylic acids is 1. The van der Waals surface area contributed by atoms with Crippen LogP contribution in [0.25, 0.3) is 0 Å². The van der Waals surface area contributed by atoms with Crippen LogP contribution in [0, 0.1) is 5.41 Å². The minimum absolute atomic E-state index is 0.0229. The van der Waals surface area contributed by atoms with Crippen LogP contribution in [0.2, 0.25) is 5.02 Å². The van der Waals surface area contributed by atoms with Crippen LogP contribution < -0.4 is 5.32 Å². The van der Waals surface area contributed by atoms with Gasteiger partial charge in [-0.05, 0) is 23.6 Å². The lowest BCUT2D eigenvalue weighted by Crippen LogP contribution is -2.19. The maximum absolute atomic E-state index is 11.7. The van der Waals surface area contributed by atoms with Gasteiger partial charge in [0, 0.05) is 12.1 Å². The number of hydrogen-bond acceptors (Lipinski definition) is 2. The molecule has 0 spiro atoms. The number of nitrogens with one attached hydrogen (secondary N) is 1. The number of rotatable bonds is 3. The molecule has 1 aromatic rings. The van der Waals surface area contributed by atoms with Crippen molar-refractivity contribution in [3.63, 3.8) is 0 Å². The number of halogens is 1. The fourth-order valence-corrected chi connectivity index (χ4v) is 1.65. The number of carbonyl (C=O) groups is 2. The monoisotopic (exact) mass is 269 g/mol. The minimum Gasteiger partial charge on any atom is -0.478 e. The molecule has 0 fully saturated rings. The van der Waals surface area contributed by atoms with E-state index in [1.165, 1.54) is 12.1 Å². The maximum Gasteiger partial charge on any atom is 0.337 e. The molecular weight excluding hydrogens is 254 g/mol. The number of benzene rings is 1. The molecule has 0 unspecified atom stereocenters. The second-order valence-electron chi connectivity index (χ2n) is 5.29. The molecule has 0 saturated carbocycles. The van der Waals surface area contributed by atoms with Crippen LogP contribution in [-0.2, 0) is 4.79 Å². The molecule has 0 atom stereocenters. The van der Waals surface area contributed by atoms with E-state index in [2.05, 4.69) is 5.32 Å². The van der Waals surface area contributed by atoms with E-state index in [-0.39, 0.29) is 21.9 Å². The lowest BCUT2D eigenvalue weighted by molar-refractivity contribution is -0.117. The molecule has 4 nitrogen and oxygen atoms in total. The van der Waals surface area contributed by atoms with Crippen LogP contribution in [-0.4, -0.2) is 17.0 Å². The molecule has 0 saturated heterocycles. The largest absolute Gasteiger partial charge is 0.478 e. The molecule has 98 valence electrons. The smallest absolute Gasteiger partial charge is 0.337 e. The zero-order valence-electron chi connectivity index (χ0n) is 10.6. The SMILES string of the molecule is CC(C)(C)CC(=O)Nc1ccc(Cl)c(C(=O)O)c1. The van der Waals surface area contributed by atoms with Gasteiger partial charge < -0.3 is 10.4 Å². The summed E-state index contributed by atoms with van der Waals surface area (Å²) in [6.45, 7) is 5.87. The van der Waals surface area contributed by atoms with Gasteiger partial charge in [-0.3, -0.25) is 4.79 Å². The van der Waals surface area contributed by atoms with Crippen molar-refractivity contribution in [1.29, 1.82) is 0 Å². The number of carboxylic acid groups (broad SMARTS) is 1. The molecular formula is C13H16ClNO3. The van der Waals surface area contributed by atoms with E-state index in [1.54, 1.807) is 6.07 Å². The molecule has 0 radical (unpaired) electrons. The van der Waals surface area contributed by atoms with Gasteiger partial charge in [0.1, 0.15) is 0 Å². The Balaban J connectivity index is 2.83. The summed E-state index contributed by atoms with van der Waals surface area (Å²) < 4.78 is 0. The van der Waals surface area contributed by atoms with Gasteiger partial charge in [-0.2, -0.15) is 0 Å². The van der Waals surface area contributed by atoms with Crippen molar-refractivity contribution in [1.82, 2.24) is 0 Å². The first kappa shape index (κ1) is 14.5. The summed E-state index contributed by atoms with van der Waals surface area (Å²) in [7, 11) is 0. The van der Waals surface area contributed by atoms with Crippen LogP contribution in [0.15, 0.2) is 18.2 Å². The molecule has 1 amide bonds. The maximum atomic E-state index is 11.7. The Bertz CT molecular complexity index is 478. The molecule has 1 rings (SSSR count). The van der Waals surface area contributed by atoms with Gasteiger partial charge in [-0.15, -0.1) is 0 Å². The van der Waals surface area contributed by atoms with Crippen LogP contribution in [0.1, 0.15) is 37.6 Å². The van der Waals surface area contributed by atoms with Crippen molar-refractivity contribution in [3.8, 4) is 0 Å². The van der Waals surface area contributed by atoms with E-state index in [9.17, 15) is 9.59 Å². The summed E-state index contributed by atoms with van der Waals surface area (Å²) in [5.74, 6) is -1.27. The number of carboxylic acids is 1. The quantitative estimate of drug-likeness (QED) is 0.884. The Kier molecular flexibility index (Phi) is 4.35. The summed E-state index contributed by atoms with van der Waals surface area (Å²) in [6, 6.07) is 4.39. The van der Waals surface area contributed by atoms with Gasteiger partial charge in [-0.25, -0.2) is 4.79 Å². The Hall–Kier alpha value is -1.55. The summed E-state index contributed by atoms with van der Waals surface area (Å²) in [5, 5.41) is 11.7. The number of hydrogen-bond donors (Lipinski definition) is 2. The molecule has 0 aliphatic rings. The third kappa shape index (κ3) is 4.37. The highest BCUT2D eigenvalue weighted by molar-refractivity contribution is 6.33. The first-order valence-electron chi connectivity index (χ1n) is 5.52. The normalized spacial score (nSPS) is 11.1. The van der Waals surface area contributed by atoms with Crippen molar-refractivity contribution < 1.29 is 14.7 Å². The predicted molar refractivity (Wildman–Crippen MR) is 71.1 cm³/mol. The van der Waals surface area contributed by atoms with Crippen molar-refractivity contribution in [2.75, 3.05) is 5.32 Å². The zero-order valence-corrected chi connectivity index (χ0v) is 11.3. The number of aromatic carboxylic acids is 1. The van der Waals surface area contributed by atoms with Gasteiger partial charge in [-0.1, -0.05) is 32.4 Å². The molecule has 2 N–H and O–H groups in total. The average Bonchev–Trinajstić information content (AvgIpc) is 2.17. The molecule has 0 aliphatic carbocycles. The summed E-state index contributed by atoms with van der Waals surface area (Å²) >= 11 is 5.74. The van der Waals surface area contributed by atoms with E-state index in [0.717, 1.165) is 0 Å². The van der Waals surface area contributed by atoms with Gasteiger partial charge >= 0.3 is 5.97 Å². The van der Waals surface area contributed by atoms with Crippen LogP contribution in [0.4, 0.5) is 5.69 Å². The van der Waals surface area contributed by atoms with Crippen molar-refractivity contribution in [2.24, 2.45) is 5.41 Å². The molecule has 18 heavy (non-hydrogen) atoms. The van der Waals surface area contributed by atoms with Crippen molar-refractivity contribution in [2.45, 2.75) is 27.2 Å². The molecule has 1 aromatic carbocycles. The average molecular weight is 270 g/mol. The summed E-state index contributed by atoms with van der Waals surface area (Å²) in [5.41, 5.74) is 0.294. The van der Waals surface area contributed by atoms with E-state index in [4.69, 9.17) is 16.7 Å². The third-order valence-electron chi connectivity index (χ3n) is 2.17. The summed E-state index contributed by atoms with van der Waals surface area (Å²) in [6.07, 6.45) is 0.359. The van der Waals surface area contributed by atoms with Crippen LogP contribution in [0.3, 0.4) is 0 Å². The van der Waals surface area contributed by atoms with Gasteiger partial charge in [0.25, 0.3) is 0 Å². The second kappa shape index (κ2) is 5.40. The Morgan fingerprint density at radius 1 is 1.33 bits per heavy atom. The second-order valence-corrected chi connectivity index (χ2v) is 5.69. The molecule has 0 heterocycles. The van der Waals surface area contributed by atoms with Gasteiger partial charge in [0.15, 0.2) is 0 Å². The van der Waals surface area contributed by atoms with Gasteiger partial charge in [0.05, 0.1) is 10.6 Å². The lowest BCUT2D eigenvalue weighted by Gasteiger charge is -2.17. The summed E-state index contributed by atoms with van der Waals surface area (Å²) in [4.78, 5) is 22.6. The highest BCUT2D eigenvalue weighted by atomic mass is 35.5. The molecule has 0 aromatic heterocycles. The van der Waals surface area contributed by atoms with Gasteiger partial charge in [0.2, 0.25) is 5.91 Å². The number of anilines is 1. The Morgan fingerprint density at radius 3 is 2.44 bits per heavy atom. The van der Waals surface area contributed by atoms with E-state index in [1.807, 2.05) is 20.8 Å². The Labute approximate surface area is 111 Å². The molecule has 0 aliphatic heterocycles. The van der Waals surface area contributed by atoms with Crippen molar-refractivity contribution >= 4 is 29.2 Å². The fourth-order valence-electron chi connectivity index (χ4n) is 1.45. The highest BCUT2D eigenvalue weighted by Gasteiger charge is 2.17. The van der Waals surface area contributed by atoms with Crippen molar-refractivity contribution in [3.05, 3.63) is 28.8 Å². The van der Waals surface area contributed by atoms with Crippen LogP contribution in [0.5, 0.6) is 0 Å². The van der Waals surface area contributed by atoms with E-state index < -0.39 is 5.97 Å². The fraction of sp³-hybridized carbons (Fsp3) is 0.385. The molecule has 0 bridgehead atoms.